The van der Waals surface area contributed by atoms with Gasteiger partial charge in [-0.25, -0.2) is 0 Å². The van der Waals surface area contributed by atoms with Crippen molar-refractivity contribution in [1.29, 1.82) is 0 Å². The predicted molar refractivity (Wildman–Crippen MR) is 108 cm³/mol. The molecule has 1 N–H and O–H groups in total. The average molecular weight is 348 g/mol. The minimum absolute atomic E-state index is 0.143. The molecule has 2 aromatic carbocycles. The summed E-state index contributed by atoms with van der Waals surface area (Å²) in [4.78, 5) is 2.49. The van der Waals surface area contributed by atoms with Gasteiger partial charge in [0.05, 0.1) is 5.71 Å². The molecule has 0 aliphatic carbocycles. The first-order chi connectivity index (χ1) is 12.5. The molecule has 3 atom stereocenters. The van der Waals surface area contributed by atoms with Crippen LogP contribution in [0.1, 0.15) is 47.7 Å². The van der Waals surface area contributed by atoms with E-state index in [1.165, 1.54) is 22.3 Å². The third kappa shape index (κ3) is 3.58. The molecule has 1 heterocycles. The quantitative estimate of drug-likeness (QED) is 0.453. The molecule has 3 rings (SSSR count). The van der Waals surface area contributed by atoms with E-state index in [1.807, 2.05) is 6.08 Å². The van der Waals surface area contributed by atoms with Gasteiger partial charge in [0.2, 0.25) is 0 Å². The van der Waals surface area contributed by atoms with Crippen LogP contribution in [0.25, 0.3) is 0 Å². The highest BCUT2D eigenvalue weighted by molar-refractivity contribution is 5.88. The molecular weight excluding hydrogens is 320 g/mol. The van der Waals surface area contributed by atoms with E-state index >= 15 is 0 Å². The van der Waals surface area contributed by atoms with Gasteiger partial charge in [-0.05, 0) is 25.0 Å². The Bertz CT molecular complexity index is 777. The largest absolute Gasteiger partial charge is 0.411 e. The standard InChI is InChI=1S/C23H28N2O/c1-5-14-25-22(19-10-6-16(2)7-11-19)15-21(24-26)18(4)23(25)20-12-8-17(3)9-13-20/h5-13,18,22-23,26H,1,14-15H2,2-4H3/b24-21+/t18-,22+,23-/m1/s1. The molecule has 0 amide bonds. The highest BCUT2D eigenvalue weighted by Crippen LogP contribution is 2.43. The molecule has 0 saturated carbocycles. The molecule has 0 unspecified atom stereocenters. The molecule has 1 aliphatic heterocycles. The van der Waals surface area contributed by atoms with E-state index in [4.69, 9.17) is 0 Å². The summed E-state index contributed by atoms with van der Waals surface area (Å²) in [6, 6.07) is 17.7. The van der Waals surface area contributed by atoms with Crippen molar-refractivity contribution in [3.05, 3.63) is 83.4 Å². The number of oxime groups is 1. The zero-order valence-corrected chi connectivity index (χ0v) is 15.9. The van der Waals surface area contributed by atoms with Crippen molar-refractivity contribution < 1.29 is 5.21 Å². The number of nitrogens with zero attached hydrogens (tertiary/aromatic N) is 2. The first kappa shape index (κ1) is 18.4. The van der Waals surface area contributed by atoms with Crippen LogP contribution >= 0.6 is 0 Å². The molecule has 1 aliphatic rings. The molecule has 0 radical (unpaired) electrons. The van der Waals surface area contributed by atoms with Crippen LogP contribution in [0.5, 0.6) is 0 Å². The fraction of sp³-hybridized carbons (Fsp3) is 0.348. The number of likely N-dealkylation sites (tertiary alicyclic amines) is 1. The maximum Gasteiger partial charge on any atom is 0.0636 e. The molecular formula is C23H28N2O. The lowest BCUT2D eigenvalue weighted by atomic mass is 9.79. The summed E-state index contributed by atoms with van der Waals surface area (Å²) >= 11 is 0. The van der Waals surface area contributed by atoms with Crippen LogP contribution in [0.15, 0.2) is 66.3 Å². The minimum Gasteiger partial charge on any atom is -0.411 e. The van der Waals surface area contributed by atoms with Crippen molar-refractivity contribution in [2.75, 3.05) is 6.54 Å². The van der Waals surface area contributed by atoms with Gasteiger partial charge in [-0.3, -0.25) is 4.90 Å². The van der Waals surface area contributed by atoms with Gasteiger partial charge in [-0.2, -0.15) is 0 Å². The van der Waals surface area contributed by atoms with E-state index in [-0.39, 0.29) is 18.0 Å². The van der Waals surface area contributed by atoms with Crippen molar-refractivity contribution in [3.63, 3.8) is 0 Å². The van der Waals surface area contributed by atoms with Crippen LogP contribution in [0.3, 0.4) is 0 Å². The van der Waals surface area contributed by atoms with Crippen molar-refractivity contribution in [1.82, 2.24) is 4.90 Å². The Hall–Kier alpha value is -2.39. The molecule has 136 valence electrons. The molecule has 0 aromatic heterocycles. The smallest absolute Gasteiger partial charge is 0.0636 e. The summed E-state index contributed by atoms with van der Waals surface area (Å²) in [5.41, 5.74) is 5.87. The van der Waals surface area contributed by atoms with Crippen LogP contribution in [-0.2, 0) is 0 Å². The molecule has 26 heavy (non-hydrogen) atoms. The Labute approximate surface area is 156 Å². The van der Waals surface area contributed by atoms with Crippen molar-refractivity contribution in [2.45, 2.75) is 39.3 Å². The molecule has 1 saturated heterocycles. The van der Waals surface area contributed by atoms with E-state index in [0.29, 0.717) is 0 Å². The lowest BCUT2D eigenvalue weighted by Gasteiger charge is -2.46. The highest BCUT2D eigenvalue weighted by atomic mass is 16.4. The third-order valence-corrected chi connectivity index (χ3v) is 5.51. The summed E-state index contributed by atoms with van der Waals surface area (Å²) in [6.45, 7) is 11.1. The van der Waals surface area contributed by atoms with Crippen LogP contribution < -0.4 is 0 Å². The minimum atomic E-state index is 0.143. The topological polar surface area (TPSA) is 35.8 Å². The molecule has 0 bridgehead atoms. The van der Waals surface area contributed by atoms with Gasteiger partial charge in [0.1, 0.15) is 0 Å². The van der Waals surface area contributed by atoms with E-state index in [0.717, 1.165) is 18.7 Å². The van der Waals surface area contributed by atoms with Gasteiger partial charge in [-0.1, -0.05) is 77.8 Å². The Morgan fingerprint density at radius 3 is 2.08 bits per heavy atom. The fourth-order valence-corrected chi connectivity index (χ4v) is 4.03. The van der Waals surface area contributed by atoms with Crippen LogP contribution in [0.4, 0.5) is 0 Å². The number of piperidine rings is 1. The van der Waals surface area contributed by atoms with Gasteiger partial charge in [0.15, 0.2) is 0 Å². The summed E-state index contributed by atoms with van der Waals surface area (Å²) in [6.07, 6.45) is 2.70. The lowest BCUT2D eigenvalue weighted by molar-refractivity contribution is 0.109. The maximum atomic E-state index is 9.64. The van der Waals surface area contributed by atoms with E-state index in [2.05, 4.69) is 85.9 Å². The highest BCUT2D eigenvalue weighted by Gasteiger charge is 2.40. The monoisotopic (exact) mass is 348 g/mol. The van der Waals surface area contributed by atoms with Crippen LogP contribution in [0.2, 0.25) is 0 Å². The average Bonchev–Trinajstić information content (AvgIpc) is 2.64. The maximum absolute atomic E-state index is 9.64. The fourth-order valence-electron chi connectivity index (χ4n) is 4.03. The first-order valence-corrected chi connectivity index (χ1v) is 9.25. The van der Waals surface area contributed by atoms with Crippen molar-refractivity contribution >= 4 is 5.71 Å². The number of benzene rings is 2. The molecule has 3 nitrogen and oxygen atoms in total. The summed E-state index contributed by atoms with van der Waals surface area (Å²) in [7, 11) is 0. The Kier molecular flexibility index (Phi) is 5.58. The Morgan fingerprint density at radius 1 is 1.04 bits per heavy atom. The van der Waals surface area contributed by atoms with Crippen LogP contribution in [0, 0.1) is 19.8 Å². The molecule has 3 heteroatoms. The second-order valence-corrected chi connectivity index (χ2v) is 7.35. The number of rotatable bonds is 4. The van der Waals surface area contributed by atoms with Gasteiger partial charge in [0.25, 0.3) is 0 Å². The van der Waals surface area contributed by atoms with Gasteiger partial charge in [-0.15, -0.1) is 6.58 Å². The predicted octanol–water partition coefficient (Wildman–Crippen LogP) is 5.44. The normalized spacial score (nSPS) is 25.3. The van der Waals surface area contributed by atoms with Gasteiger partial charge in [0, 0.05) is 31.0 Å². The van der Waals surface area contributed by atoms with E-state index in [1.54, 1.807) is 0 Å². The van der Waals surface area contributed by atoms with Gasteiger partial charge < -0.3 is 5.21 Å². The van der Waals surface area contributed by atoms with Gasteiger partial charge >= 0.3 is 0 Å². The second kappa shape index (κ2) is 7.88. The van der Waals surface area contributed by atoms with Crippen LogP contribution in [-0.4, -0.2) is 22.4 Å². The molecule has 1 fully saturated rings. The van der Waals surface area contributed by atoms with Crippen molar-refractivity contribution in [3.8, 4) is 0 Å². The summed E-state index contributed by atoms with van der Waals surface area (Å²) < 4.78 is 0. The number of hydrogen-bond donors (Lipinski definition) is 1. The van der Waals surface area contributed by atoms with E-state index in [9.17, 15) is 5.21 Å². The molecule has 2 aromatic rings. The zero-order chi connectivity index (χ0) is 18.7. The summed E-state index contributed by atoms with van der Waals surface area (Å²) in [5, 5.41) is 13.3. The third-order valence-electron chi connectivity index (χ3n) is 5.51. The number of aryl methyl sites for hydroxylation is 2. The van der Waals surface area contributed by atoms with E-state index < -0.39 is 0 Å². The zero-order valence-electron chi connectivity index (χ0n) is 15.9. The number of hydrogen-bond acceptors (Lipinski definition) is 3. The summed E-state index contributed by atoms with van der Waals surface area (Å²) in [5.74, 6) is 0.143. The molecule has 0 spiro atoms. The Balaban J connectivity index is 2.07. The van der Waals surface area contributed by atoms with Crippen molar-refractivity contribution in [2.24, 2.45) is 11.1 Å². The SMILES string of the molecule is C=CCN1[C@H](c2ccc(C)cc2)C/C(=N\O)[C@@H](C)[C@@H]1c1ccc(C)cc1. The lowest BCUT2D eigenvalue weighted by Crippen LogP contribution is -2.44. The second-order valence-electron chi connectivity index (χ2n) is 7.35. The first-order valence-electron chi connectivity index (χ1n) is 9.25. The Morgan fingerprint density at radius 2 is 1.58 bits per heavy atom.